The molecule has 1 atom stereocenters. The summed E-state index contributed by atoms with van der Waals surface area (Å²) >= 11 is 12.0. The number of carbonyl (C=O) groups is 2. The molecule has 1 unspecified atom stereocenters. The lowest BCUT2D eigenvalue weighted by Gasteiger charge is -2.16. The molecule has 0 saturated heterocycles. The van der Waals surface area contributed by atoms with Crippen LogP contribution >= 0.6 is 23.2 Å². The fourth-order valence-corrected chi connectivity index (χ4v) is 3.46. The maximum absolute atomic E-state index is 12.4. The molecular formula is C20H17Cl2N3O5. The van der Waals surface area contributed by atoms with Crippen LogP contribution in [0.2, 0.25) is 10.0 Å². The molecule has 0 bridgehead atoms. The number of amides is 1. The zero-order valence-electron chi connectivity index (χ0n) is 15.8. The van der Waals surface area contributed by atoms with E-state index in [9.17, 15) is 19.2 Å². The molecule has 2 aromatic carbocycles. The highest BCUT2D eigenvalue weighted by Gasteiger charge is 2.16. The molecule has 1 heterocycles. The number of fused-ring (bicyclic) bond motifs is 1. The highest BCUT2D eigenvalue weighted by Crippen LogP contribution is 2.25. The third-order valence-corrected chi connectivity index (χ3v) is 4.90. The number of halogens is 2. The van der Waals surface area contributed by atoms with E-state index < -0.39 is 42.2 Å². The molecule has 0 spiro atoms. The molecule has 2 N–H and O–H groups in total. The number of aromatic amines is 1. The Morgan fingerprint density at radius 2 is 1.83 bits per heavy atom. The van der Waals surface area contributed by atoms with Crippen molar-refractivity contribution in [2.45, 2.75) is 19.5 Å². The van der Waals surface area contributed by atoms with Gasteiger partial charge in [0.05, 0.1) is 16.8 Å². The Labute approximate surface area is 180 Å². The smallest absolute Gasteiger partial charge is 0.328 e. The van der Waals surface area contributed by atoms with Gasteiger partial charge in [0.15, 0.2) is 6.61 Å². The minimum absolute atomic E-state index is 0.181. The van der Waals surface area contributed by atoms with Gasteiger partial charge in [0.1, 0.15) is 6.54 Å². The monoisotopic (exact) mass is 449 g/mol. The number of hydrogen-bond acceptors (Lipinski definition) is 5. The first kappa shape index (κ1) is 21.6. The van der Waals surface area contributed by atoms with Gasteiger partial charge in [-0.05, 0) is 36.8 Å². The maximum Gasteiger partial charge on any atom is 0.328 e. The van der Waals surface area contributed by atoms with E-state index in [-0.39, 0.29) is 10.8 Å². The molecule has 30 heavy (non-hydrogen) atoms. The Morgan fingerprint density at radius 1 is 1.13 bits per heavy atom. The lowest BCUT2D eigenvalue weighted by Crippen LogP contribution is -2.35. The second kappa shape index (κ2) is 9.15. The summed E-state index contributed by atoms with van der Waals surface area (Å²) in [6.45, 7) is 0.625. The second-order valence-corrected chi connectivity index (χ2v) is 7.34. The molecule has 0 aliphatic heterocycles. The number of esters is 1. The summed E-state index contributed by atoms with van der Waals surface area (Å²) < 4.78 is 5.76. The Kier molecular flexibility index (Phi) is 6.59. The van der Waals surface area contributed by atoms with Crippen LogP contribution in [0, 0.1) is 0 Å². The van der Waals surface area contributed by atoms with Gasteiger partial charge >= 0.3 is 5.97 Å². The average Bonchev–Trinajstić information content (AvgIpc) is 2.70. The number of nitrogens with one attached hydrogen (secondary N) is 2. The van der Waals surface area contributed by atoms with Crippen molar-refractivity contribution < 1.29 is 14.3 Å². The minimum Gasteiger partial charge on any atom is -0.454 e. The third kappa shape index (κ3) is 4.90. The van der Waals surface area contributed by atoms with Gasteiger partial charge in [-0.15, -0.1) is 0 Å². The van der Waals surface area contributed by atoms with E-state index in [2.05, 4.69) is 10.4 Å². The highest BCUT2D eigenvalue weighted by molar-refractivity contribution is 6.35. The van der Waals surface area contributed by atoms with Gasteiger partial charge in [-0.2, -0.15) is 0 Å². The Bertz CT molecular complexity index is 1240. The van der Waals surface area contributed by atoms with Gasteiger partial charge < -0.3 is 10.1 Å². The van der Waals surface area contributed by atoms with E-state index in [1.807, 2.05) is 0 Å². The number of hydrogen-bond donors (Lipinski definition) is 2. The third-order valence-electron chi connectivity index (χ3n) is 4.34. The van der Waals surface area contributed by atoms with Crippen LogP contribution in [0.1, 0.15) is 18.5 Å². The summed E-state index contributed by atoms with van der Waals surface area (Å²) in [5, 5.41) is 6.24. The largest absolute Gasteiger partial charge is 0.454 e. The van der Waals surface area contributed by atoms with Gasteiger partial charge in [-0.1, -0.05) is 41.4 Å². The molecule has 3 aromatic rings. The van der Waals surface area contributed by atoms with Crippen molar-refractivity contribution in [1.29, 1.82) is 0 Å². The van der Waals surface area contributed by atoms with Gasteiger partial charge in [0.25, 0.3) is 17.0 Å². The first-order valence-electron chi connectivity index (χ1n) is 8.88. The first-order chi connectivity index (χ1) is 14.3. The van der Waals surface area contributed by atoms with Crippen molar-refractivity contribution in [3.8, 4) is 0 Å². The van der Waals surface area contributed by atoms with Crippen LogP contribution in [0.3, 0.4) is 0 Å². The molecule has 1 amide bonds. The molecule has 3 rings (SSSR count). The second-order valence-electron chi connectivity index (χ2n) is 6.49. The fraction of sp³-hybridized carbons (Fsp3) is 0.200. The number of rotatable bonds is 6. The molecule has 0 aliphatic rings. The molecule has 0 radical (unpaired) electrons. The molecule has 8 nitrogen and oxygen atoms in total. The van der Waals surface area contributed by atoms with Gasteiger partial charge in [-0.25, -0.2) is 4.68 Å². The Morgan fingerprint density at radius 3 is 2.53 bits per heavy atom. The normalized spacial score (nSPS) is 11.8. The molecule has 1 aromatic heterocycles. The van der Waals surface area contributed by atoms with Crippen LogP contribution in [0.25, 0.3) is 10.8 Å². The highest BCUT2D eigenvalue weighted by atomic mass is 35.5. The molecule has 156 valence electrons. The molecule has 0 saturated carbocycles. The van der Waals surface area contributed by atoms with Crippen LogP contribution in [-0.2, 0) is 20.9 Å². The topological polar surface area (TPSA) is 110 Å². The van der Waals surface area contributed by atoms with Crippen LogP contribution < -0.4 is 16.4 Å². The lowest BCUT2D eigenvalue weighted by molar-refractivity contribution is -0.149. The minimum atomic E-state index is -0.852. The Hall–Kier alpha value is -3.10. The molecule has 10 heteroatoms. The zero-order valence-corrected chi connectivity index (χ0v) is 17.3. The maximum atomic E-state index is 12.4. The summed E-state index contributed by atoms with van der Waals surface area (Å²) in [5.74, 6) is -1.41. The average molecular weight is 450 g/mol. The van der Waals surface area contributed by atoms with Crippen molar-refractivity contribution in [3.05, 3.63) is 78.8 Å². The zero-order chi connectivity index (χ0) is 21.8. The molecule has 0 fully saturated rings. The number of carbonyl (C=O) groups excluding carboxylic acids is 2. The van der Waals surface area contributed by atoms with Crippen molar-refractivity contribution in [2.24, 2.45) is 0 Å². The van der Waals surface area contributed by atoms with Crippen molar-refractivity contribution in [2.75, 3.05) is 6.61 Å². The number of ether oxygens (including phenoxy) is 1. The van der Waals surface area contributed by atoms with E-state index in [1.165, 1.54) is 12.1 Å². The number of nitrogens with zero attached hydrogens (tertiary/aromatic N) is 1. The predicted molar refractivity (Wildman–Crippen MR) is 113 cm³/mol. The standard InChI is InChI=1S/C20H17Cl2N3O5/c1-11(13-7-6-12(21)8-16(13)22)23-17(26)10-30-18(27)9-25-20(29)15-5-3-2-4-14(15)19(28)24-25/h2-8,11H,9-10H2,1H3,(H,23,26)(H,24,28). The van der Waals surface area contributed by atoms with Crippen LogP contribution in [-0.4, -0.2) is 28.3 Å². The van der Waals surface area contributed by atoms with E-state index >= 15 is 0 Å². The molecule has 0 aliphatic carbocycles. The van der Waals surface area contributed by atoms with Crippen LogP contribution in [0.15, 0.2) is 52.1 Å². The van der Waals surface area contributed by atoms with E-state index in [0.29, 0.717) is 15.6 Å². The summed E-state index contributed by atoms with van der Waals surface area (Å²) in [7, 11) is 0. The van der Waals surface area contributed by atoms with Gasteiger partial charge in [0, 0.05) is 10.0 Å². The van der Waals surface area contributed by atoms with Crippen LogP contribution in [0.5, 0.6) is 0 Å². The summed E-state index contributed by atoms with van der Waals surface area (Å²) in [6.07, 6.45) is 0. The molecular weight excluding hydrogens is 433 g/mol. The van der Waals surface area contributed by atoms with Crippen LogP contribution in [0.4, 0.5) is 0 Å². The quantitative estimate of drug-likeness (QED) is 0.561. The summed E-state index contributed by atoms with van der Waals surface area (Å²) in [4.78, 5) is 48.6. The van der Waals surface area contributed by atoms with Gasteiger partial charge in [-0.3, -0.25) is 24.3 Å². The first-order valence-corrected chi connectivity index (χ1v) is 9.63. The van der Waals surface area contributed by atoms with E-state index in [0.717, 1.165) is 4.68 Å². The van der Waals surface area contributed by atoms with Crippen molar-refractivity contribution >= 4 is 45.9 Å². The van der Waals surface area contributed by atoms with E-state index in [4.69, 9.17) is 27.9 Å². The fourth-order valence-electron chi connectivity index (χ4n) is 2.89. The van der Waals surface area contributed by atoms with Gasteiger partial charge in [0.2, 0.25) is 0 Å². The SMILES string of the molecule is CC(NC(=O)COC(=O)Cn1[nH]c(=O)c2ccccc2c1=O)c1ccc(Cl)cc1Cl. The number of benzene rings is 2. The van der Waals surface area contributed by atoms with Crippen molar-refractivity contribution in [3.63, 3.8) is 0 Å². The lowest BCUT2D eigenvalue weighted by atomic mass is 10.1. The summed E-state index contributed by atoms with van der Waals surface area (Å²) in [6, 6.07) is 10.7. The summed E-state index contributed by atoms with van der Waals surface area (Å²) in [5.41, 5.74) is -0.400. The van der Waals surface area contributed by atoms with E-state index in [1.54, 1.807) is 37.3 Å². The Balaban J connectivity index is 1.60. The number of H-pyrrole nitrogens is 1. The number of aromatic nitrogens is 2. The predicted octanol–water partition coefficient (Wildman–Crippen LogP) is 2.42. The van der Waals surface area contributed by atoms with Crippen molar-refractivity contribution in [1.82, 2.24) is 15.1 Å².